The first-order valence-electron chi connectivity index (χ1n) is 8.52. The van der Waals surface area contributed by atoms with Crippen LogP contribution in [-0.2, 0) is 5.75 Å². The van der Waals surface area contributed by atoms with Crippen molar-refractivity contribution in [2.75, 3.05) is 0 Å². The second-order valence-electron chi connectivity index (χ2n) is 6.53. The van der Waals surface area contributed by atoms with Gasteiger partial charge in [0.05, 0.1) is 11.7 Å². The van der Waals surface area contributed by atoms with Crippen molar-refractivity contribution in [1.29, 1.82) is 0 Å². The van der Waals surface area contributed by atoms with Crippen molar-refractivity contribution >= 4 is 11.8 Å². The maximum absolute atomic E-state index is 6.28. The van der Waals surface area contributed by atoms with E-state index >= 15 is 0 Å². The molecule has 2 fully saturated rings. The highest BCUT2D eigenvalue weighted by molar-refractivity contribution is 7.99. The maximum Gasteiger partial charge on any atom is 0.231 e. The lowest BCUT2D eigenvalue weighted by atomic mass is 9.95. The van der Waals surface area contributed by atoms with Crippen LogP contribution in [0.3, 0.4) is 0 Å². The van der Waals surface area contributed by atoms with Gasteiger partial charge in [0.15, 0.2) is 5.82 Å². The monoisotopic (exact) mass is 309 g/mol. The Kier molecular flexibility index (Phi) is 5.58. The molecule has 2 saturated carbocycles. The highest BCUT2D eigenvalue weighted by atomic mass is 32.2. The van der Waals surface area contributed by atoms with Crippen LogP contribution in [0.15, 0.2) is 4.52 Å². The van der Waals surface area contributed by atoms with E-state index in [0.29, 0.717) is 0 Å². The highest BCUT2D eigenvalue weighted by Gasteiger charge is 2.27. The molecule has 118 valence electrons. The Morgan fingerprint density at radius 3 is 2.52 bits per heavy atom. The van der Waals surface area contributed by atoms with Gasteiger partial charge >= 0.3 is 0 Å². The molecule has 0 aliphatic heterocycles. The lowest BCUT2D eigenvalue weighted by molar-refractivity contribution is 0.324. The zero-order valence-electron chi connectivity index (χ0n) is 12.8. The van der Waals surface area contributed by atoms with Gasteiger partial charge in [-0.3, -0.25) is 0 Å². The zero-order valence-corrected chi connectivity index (χ0v) is 13.6. The molecule has 1 aromatic heterocycles. The van der Waals surface area contributed by atoms with E-state index in [1.807, 2.05) is 11.8 Å². The van der Waals surface area contributed by atoms with Crippen LogP contribution < -0.4 is 5.73 Å². The van der Waals surface area contributed by atoms with Crippen LogP contribution in [0, 0.1) is 0 Å². The van der Waals surface area contributed by atoms with Crippen LogP contribution in [0.1, 0.15) is 81.8 Å². The number of aromatic nitrogens is 2. The van der Waals surface area contributed by atoms with Crippen molar-refractivity contribution < 1.29 is 4.52 Å². The Balaban J connectivity index is 1.54. The quantitative estimate of drug-likeness (QED) is 0.851. The predicted octanol–water partition coefficient (Wildman–Crippen LogP) is 4.01. The number of hydrogen-bond donors (Lipinski definition) is 1. The van der Waals surface area contributed by atoms with E-state index in [2.05, 4.69) is 10.1 Å². The van der Waals surface area contributed by atoms with Crippen molar-refractivity contribution in [2.45, 2.75) is 87.2 Å². The van der Waals surface area contributed by atoms with Crippen LogP contribution in [0.2, 0.25) is 0 Å². The smallest absolute Gasteiger partial charge is 0.231 e. The largest absolute Gasteiger partial charge is 0.339 e. The van der Waals surface area contributed by atoms with Gasteiger partial charge in [-0.15, -0.1) is 0 Å². The molecule has 1 heterocycles. The molecule has 0 spiro atoms. The van der Waals surface area contributed by atoms with Crippen LogP contribution in [0.25, 0.3) is 0 Å². The van der Waals surface area contributed by atoms with Crippen LogP contribution in [-0.4, -0.2) is 21.4 Å². The van der Waals surface area contributed by atoms with Gasteiger partial charge in [-0.2, -0.15) is 16.7 Å². The molecule has 4 nitrogen and oxygen atoms in total. The Morgan fingerprint density at radius 1 is 1.00 bits per heavy atom. The van der Waals surface area contributed by atoms with Gasteiger partial charge in [-0.05, 0) is 25.7 Å². The third-order valence-electron chi connectivity index (χ3n) is 4.87. The van der Waals surface area contributed by atoms with E-state index in [4.69, 9.17) is 10.3 Å². The zero-order chi connectivity index (χ0) is 14.5. The van der Waals surface area contributed by atoms with Gasteiger partial charge in [0.1, 0.15) is 0 Å². The third kappa shape index (κ3) is 4.22. The normalized spacial score (nSPS) is 28.4. The number of nitrogens with zero attached hydrogens (tertiary/aromatic N) is 2. The first-order valence-corrected chi connectivity index (χ1v) is 9.57. The van der Waals surface area contributed by atoms with E-state index in [0.717, 1.165) is 35.6 Å². The van der Waals surface area contributed by atoms with Crippen LogP contribution in [0.5, 0.6) is 0 Å². The first-order chi connectivity index (χ1) is 10.3. The molecule has 0 radical (unpaired) electrons. The molecule has 0 aromatic carbocycles. The van der Waals surface area contributed by atoms with E-state index in [1.54, 1.807) is 0 Å². The van der Waals surface area contributed by atoms with Crippen molar-refractivity contribution in [2.24, 2.45) is 5.73 Å². The lowest BCUT2D eigenvalue weighted by Crippen LogP contribution is -2.27. The minimum atomic E-state index is 0.187. The fourth-order valence-electron chi connectivity index (χ4n) is 3.54. The van der Waals surface area contributed by atoms with E-state index in [9.17, 15) is 0 Å². The van der Waals surface area contributed by atoms with E-state index in [1.165, 1.54) is 51.4 Å². The van der Waals surface area contributed by atoms with Crippen molar-refractivity contribution in [3.8, 4) is 0 Å². The molecule has 2 aliphatic carbocycles. The summed E-state index contributed by atoms with van der Waals surface area (Å²) in [6.07, 6.45) is 12.8. The van der Waals surface area contributed by atoms with Gasteiger partial charge in [0, 0.05) is 11.3 Å². The fourth-order valence-corrected chi connectivity index (χ4v) is 4.71. The second kappa shape index (κ2) is 7.63. The van der Waals surface area contributed by atoms with Crippen molar-refractivity contribution in [3.63, 3.8) is 0 Å². The molecular weight excluding hydrogens is 282 g/mol. The van der Waals surface area contributed by atoms with E-state index in [-0.39, 0.29) is 12.0 Å². The van der Waals surface area contributed by atoms with Crippen molar-refractivity contribution in [1.82, 2.24) is 10.1 Å². The predicted molar refractivity (Wildman–Crippen MR) is 86.3 cm³/mol. The Morgan fingerprint density at radius 2 is 1.71 bits per heavy atom. The molecule has 0 amide bonds. The molecule has 3 rings (SSSR count). The molecule has 1 aromatic rings. The molecule has 2 unspecified atom stereocenters. The average Bonchev–Trinajstić information content (AvgIpc) is 2.88. The molecule has 5 heteroatoms. The number of rotatable bonds is 4. The standard InChI is InChI=1S/C16H27N3OS/c17-14-10-6-2-5-9-13(14)16-18-15(19-20-16)11-21-12-7-3-1-4-8-12/h12-14H,1-11,17H2. The molecule has 2 N–H and O–H groups in total. The summed E-state index contributed by atoms with van der Waals surface area (Å²) in [6, 6.07) is 0.187. The molecule has 0 saturated heterocycles. The summed E-state index contributed by atoms with van der Waals surface area (Å²) in [5, 5.41) is 4.97. The first kappa shape index (κ1) is 15.3. The minimum absolute atomic E-state index is 0.187. The maximum atomic E-state index is 6.28. The molecule has 2 atom stereocenters. The summed E-state index contributed by atoms with van der Waals surface area (Å²) >= 11 is 2.00. The molecular formula is C16H27N3OS. The Bertz CT molecular complexity index is 431. The van der Waals surface area contributed by atoms with Crippen LogP contribution >= 0.6 is 11.8 Å². The second-order valence-corrected chi connectivity index (χ2v) is 7.82. The third-order valence-corrected chi connectivity index (χ3v) is 6.24. The van der Waals surface area contributed by atoms with Gasteiger partial charge in [0.25, 0.3) is 0 Å². The highest BCUT2D eigenvalue weighted by Crippen LogP contribution is 2.32. The average molecular weight is 309 g/mol. The number of thioether (sulfide) groups is 1. The van der Waals surface area contributed by atoms with Gasteiger partial charge < -0.3 is 10.3 Å². The van der Waals surface area contributed by atoms with Crippen molar-refractivity contribution in [3.05, 3.63) is 11.7 Å². The molecule has 21 heavy (non-hydrogen) atoms. The van der Waals surface area contributed by atoms with Crippen LogP contribution in [0.4, 0.5) is 0 Å². The SMILES string of the molecule is NC1CCCCCC1c1nc(CSC2CCCCC2)no1. The topological polar surface area (TPSA) is 64.9 Å². The summed E-state index contributed by atoms with van der Waals surface area (Å²) in [6.45, 7) is 0. The summed E-state index contributed by atoms with van der Waals surface area (Å²) < 4.78 is 5.52. The number of nitrogens with two attached hydrogens (primary N) is 1. The Hall–Kier alpha value is -0.550. The van der Waals surface area contributed by atoms with Gasteiger partial charge in [0.2, 0.25) is 5.89 Å². The molecule has 0 bridgehead atoms. The summed E-state index contributed by atoms with van der Waals surface area (Å²) in [5.41, 5.74) is 6.28. The summed E-state index contributed by atoms with van der Waals surface area (Å²) in [5.74, 6) is 2.80. The minimum Gasteiger partial charge on any atom is -0.339 e. The summed E-state index contributed by atoms with van der Waals surface area (Å²) in [4.78, 5) is 4.63. The van der Waals surface area contributed by atoms with E-state index < -0.39 is 0 Å². The van der Waals surface area contributed by atoms with Gasteiger partial charge in [-0.1, -0.05) is 43.7 Å². The molecule has 2 aliphatic rings. The Labute approximate surface area is 131 Å². The van der Waals surface area contributed by atoms with Gasteiger partial charge in [-0.25, -0.2) is 0 Å². The fraction of sp³-hybridized carbons (Fsp3) is 0.875. The number of hydrogen-bond acceptors (Lipinski definition) is 5. The summed E-state index contributed by atoms with van der Waals surface area (Å²) in [7, 11) is 0. The lowest BCUT2D eigenvalue weighted by Gasteiger charge is -2.20.